The Labute approximate surface area is 454 Å². The third-order valence-electron chi connectivity index (χ3n) is 16.0. The molecule has 0 spiro atoms. The van der Waals surface area contributed by atoms with Gasteiger partial charge in [0.05, 0.1) is 39.9 Å². The van der Waals surface area contributed by atoms with Crippen LogP contribution < -0.4 is 0 Å². The minimum absolute atomic E-state index is 0.211. The van der Waals surface area contributed by atoms with Gasteiger partial charge < -0.3 is 0 Å². The van der Waals surface area contributed by atoms with E-state index in [-0.39, 0.29) is 10.8 Å². The largest absolute Gasteiger partial charge is 0.255 e. The molecule has 0 atom stereocenters. The van der Waals surface area contributed by atoms with Gasteiger partial charge in [-0.2, -0.15) is 0 Å². The molecule has 2 aliphatic carbocycles. The van der Waals surface area contributed by atoms with Crippen molar-refractivity contribution in [1.29, 1.82) is 0 Å². The number of pyridine rings is 5. The summed E-state index contributed by atoms with van der Waals surface area (Å²) in [6, 6.07) is 75.5. The number of hydrogen-bond donors (Lipinski definition) is 0. The Hall–Kier alpha value is -9.85. The van der Waals surface area contributed by atoms with Crippen LogP contribution in [0.2, 0.25) is 0 Å². The van der Waals surface area contributed by atoms with Crippen LogP contribution in [0.1, 0.15) is 49.9 Å². The molecule has 0 unspecified atom stereocenters. The van der Waals surface area contributed by atoms with Crippen molar-refractivity contribution >= 4 is 0 Å². The first-order valence-electron chi connectivity index (χ1n) is 26.5. The van der Waals surface area contributed by atoms with Gasteiger partial charge in [-0.1, -0.05) is 149 Å². The molecule has 78 heavy (non-hydrogen) atoms. The second kappa shape index (κ2) is 18.5. The summed E-state index contributed by atoms with van der Waals surface area (Å²) in [6.45, 7) is 9.36. The molecule has 0 saturated carbocycles. The average Bonchev–Trinajstić information content (AvgIpc) is 3.90. The fourth-order valence-electron chi connectivity index (χ4n) is 11.7. The lowest BCUT2D eigenvalue weighted by atomic mass is 9.80. The van der Waals surface area contributed by atoms with Crippen LogP contribution in [0.25, 0.3) is 124 Å². The van der Waals surface area contributed by atoms with Crippen LogP contribution in [0.3, 0.4) is 0 Å². The zero-order chi connectivity index (χ0) is 52.5. The Balaban J connectivity index is 0.705. The zero-order valence-electron chi connectivity index (χ0n) is 43.6. The molecule has 6 aromatic heterocycles. The molecule has 0 saturated heterocycles. The van der Waals surface area contributed by atoms with E-state index in [1.165, 1.54) is 77.9 Å². The van der Waals surface area contributed by atoms with Gasteiger partial charge in [-0.3, -0.25) is 19.9 Å². The Morgan fingerprint density at radius 1 is 0.231 bits per heavy atom. The normalized spacial score (nSPS) is 13.3. The highest BCUT2D eigenvalue weighted by molar-refractivity contribution is 5.89. The van der Waals surface area contributed by atoms with Crippen molar-refractivity contribution in [1.82, 2.24) is 34.9 Å². The van der Waals surface area contributed by atoms with Crippen LogP contribution >= 0.6 is 0 Å². The van der Waals surface area contributed by atoms with E-state index in [0.717, 1.165) is 62.2 Å². The van der Waals surface area contributed by atoms with E-state index in [4.69, 9.17) is 15.0 Å². The first-order valence-corrected chi connectivity index (χ1v) is 26.5. The van der Waals surface area contributed by atoms with Gasteiger partial charge in [0.15, 0.2) is 5.82 Å². The SMILES string of the molecule is CC1(C)c2cc(-c3ccc(-c4ccc(-c5ccc6c(c5)C(C)(C)c5cc(-c7cc(-c8ccccn8)nc(-c8ccccn8)n7)ccc5-6)cc4)cc3)ccc2-c2ccc(-c3cc(-c4ccccn4)nc(-c4ccccn4)c3)cc21. The van der Waals surface area contributed by atoms with Crippen molar-refractivity contribution in [2.75, 3.05) is 0 Å². The third-order valence-corrected chi connectivity index (χ3v) is 16.0. The summed E-state index contributed by atoms with van der Waals surface area (Å²) in [6.07, 6.45) is 7.20. The first kappa shape index (κ1) is 46.7. The van der Waals surface area contributed by atoms with Crippen LogP contribution in [0.4, 0.5) is 0 Å². The Bertz CT molecular complexity index is 3880. The van der Waals surface area contributed by atoms with Crippen molar-refractivity contribution in [3.63, 3.8) is 0 Å². The van der Waals surface area contributed by atoms with Crippen LogP contribution in [0.15, 0.2) is 237 Å². The van der Waals surface area contributed by atoms with Gasteiger partial charge in [0, 0.05) is 41.2 Å². The minimum Gasteiger partial charge on any atom is -0.255 e. The molecule has 0 fully saturated rings. The fraction of sp³-hybridized carbons (Fsp3) is 0.0845. The van der Waals surface area contributed by atoms with Crippen molar-refractivity contribution in [2.45, 2.75) is 38.5 Å². The van der Waals surface area contributed by atoms with Crippen molar-refractivity contribution in [2.24, 2.45) is 0 Å². The second-order valence-corrected chi connectivity index (χ2v) is 21.4. The highest BCUT2D eigenvalue weighted by Crippen LogP contribution is 2.52. The molecule has 7 nitrogen and oxygen atoms in total. The van der Waals surface area contributed by atoms with Gasteiger partial charge in [-0.25, -0.2) is 15.0 Å². The van der Waals surface area contributed by atoms with Crippen LogP contribution in [-0.4, -0.2) is 34.9 Å². The lowest BCUT2D eigenvalue weighted by molar-refractivity contribution is 0.660. The van der Waals surface area contributed by atoms with Crippen molar-refractivity contribution in [3.05, 3.63) is 259 Å². The molecule has 7 heteroatoms. The number of aromatic nitrogens is 7. The molecule has 6 heterocycles. The lowest BCUT2D eigenvalue weighted by Crippen LogP contribution is -2.15. The minimum atomic E-state index is -0.237. The van der Waals surface area contributed by atoms with Gasteiger partial charge >= 0.3 is 0 Å². The number of nitrogens with zero attached hydrogens (tertiary/aromatic N) is 7. The molecule has 14 rings (SSSR count). The maximum Gasteiger partial charge on any atom is 0.179 e. The fourth-order valence-corrected chi connectivity index (χ4v) is 11.7. The molecule has 0 amide bonds. The highest BCUT2D eigenvalue weighted by atomic mass is 14.9. The zero-order valence-corrected chi connectivity index (χ0v) is 43.6. The van der Waals surface area contributed by atoms with E-state index in [1.807, 2.05) is 91.3 Å². The molecule has 370 valence electrons. The van der Waals surface area contributed by atoms with E-state index >= 15 is 0 Å². The molecular weight excluding hydrogens is 951 g/mol. The molecule has 0 aliphatic heterocycles. The van der Waals surface area contributed by atoms with Crippen molar-refractivity contribution < 1.29 is 0 Å². The number of fused-ring (bicyclic) bond motifs is 6. The number of rotatable bonds is 9. The summed E-state index contributed by atoms with van der Waals surface area (Å²) in [4.78, 5) is 33.5. The number of benzene rings is 6. The summed E-state index contributed by atoms with van der Waals surface area (Å²) < 4.78 is 0. The van der Waals surface area contributed by atoms with Crippen LogP contribution in [-0.2, 0) is 10.8 Å². The van der Waals surface area contributed by atoms with Gasteiger partial charge in [-0.05, 0) is 180 Å². The maximum atomic E-state index is 5.07. The molecule has 2 aliphatic rings. The molecule has 12 aromatic rings. The monoisotopic (exact) mass is 1000 g/mol. The number of hydrogen-bond acceptors (Lipinski definition) is 7. The van der Waals surface area contributed by atoms with E-state index in [0.29, 0.717) is 5.82 Å². The third kappa shape index (κ3) is 8.10. The molecule has 0 N–H and O–H groups in total. The van der Waals surface area contributed by atoms with Crippen LogP contribution in [0.5, 0.6) is 0 Å². The Morgan fingerprint density at radius 2 is 0.538 bits per heavy atom. The van der Waals surface area contributed by atoms with E-state index in [2.05, 4.69) is 181 Å². The second-order valence-electron chi connectivity index (χ2n) is 21.4. The van der Waals surface area contributed by atoms with E-state index < -0.39 is 0 Å². The quantitative estimate of drug-likeness (QED) is 0.142. The summed E-state index contributed by atoms with van der Waals surface area (Å²) in [5.74, 6) is 0.571. The molecular formula is C71H51N7. The maximum absolute atomic E-state index is 5.07. The van der Waals surface area contributed by atoms with Gasteiger partial charge in [0.1, 0.15) is 5.69 Å². The highest BCUT2D eigenvalue weighted by Gasteiger charge is 2.37. The summed E-state index contributed by atoms with van der Waals surface area (Å²) in [7, 11) is 0. The predicted molar refractivity (Wildman–Crippen MR) is 315 cm³/mol. The lowest BCUT2D eigenvalue weighted by Gasteiger charge is -2.23. The summed E-state index contributed by atoms with van der Waals surface area (Å²) in [5, 5.41) is 0. The average molecular weight is 1000 g/mol. The van der Waals surface area contributed by atoms with Gasteiger partial charge in [-0.15, -0.1) is 0 Å². The van der Waals surface area contributed by atoms with Gasteiger partial charge in [0.25, 0.3) is 0 Å². The standard InChI is InChI=1S/C71H51N7/c1-70(2)57-37-48(25-29-53(57)55-31-27-50(39-59(55)70)52-41-66(61-13-5-9-33-72-61)76-67(42-52)62-14-6-10-34-73-62)46-21-17-44(18-22-46)45-19-23-47(24-20-45)49-26-30-54-56-32-28-51(40-60(56)71(3,4)58(54)38-49)65-43-68(63-15-7-11-35-74-63)78-69(77-65)64-16-8-12-36-75-64/h5-43H,1-4H3. The predicted octanol–water partition coefficient (Wildman–Crippen LogP) is 17.1. The van der Waals surface area contributed by atoms with Gasteiger partial charge in [0.2, 0.25) is 0 Å². The van der Waals surface area contributed by atoms with Crippen molar-refractivity contribution in [3.8, 4) is 124 Å². The summed E-state index contributed by atoms with van der Waals surface area (Å²) >= 11 is 0. The smallest absolute Gasteiger partial charge is 0.179 e. The van der Waals surface area contributed by atoms with E-state index in [9.17, 15) is 0 Å². The molecule has 0 radical (unpaired) electrons. The Morgan fingerprint density at radius 3 is 0.923 bits per heavy atom. The molecule has 6 aromatic carbocycles. The topological polar surface area (TPSA) is 90.2 Å². The van der Waals surface area contributed by atoms with Crippen LogP contribution in [0, 0.1) is 0 Å². The first-order chi connectivity index (χ1) is 38.1. The Kier molecular flexibility index (Phi) is 11.0. The summed E-state index contributed by atoms with van der Waals surface area (Å²) in [5.41, 5.74) is 26.7. The van der Waals surface area contributed by atoms with E-state index in [1.54, 1.807) is 12.4 Å². The molecule has 0 bridgehead atoms.